The van der Waals surface area contributed by atoms with Crippen LogP contribution in [0.5, 0.6) is 0 Å². The molecule has 11 nitrogen and oxygen atoms in total. The molecule has 0 spiro atoms. The van der Waals surface area contributed by atoms with E-state index in [0.29, 0.717) is 43.4 Å². The number of hydrogen-bond acceptors (Lipinski definition) is 9. The van der Waals surface area contributed by atoms with Gasteiger partial charge in [-0.25, -0.2) is 9.97 Å². The molecule has 0 fully saturated rings. The fraction of sp³-hybridized carbons (Fsp3) is 0.545. The number of hydrogen-bond donors (Lipinski definition) is 2. The minimum Gasteiger partial charge on any atom is -0.465 e. The molecule has 0 aliphatic heterocycles. The van der Waals surface area contributed by atoms with Crippen LogP contribution in [0.15, 0.2) is 6.33 Å². The first kappa shape index (κ1) is 25.6. The maximum atomic E-state index is 11.7. The highest BCUT2D eigenvalue weighted by atomic mass is 16.5. The number of nitrogens with one attached hydrogen (secondary N) is 1. The van der Waals surface area contributed by atoms with Crippen LogP contribution in [0.4, 0.5) is 5.95 Å². The number of nitrogens with two attached hydrogens (primary N) is 1. The van der Waals surface area contributed by atoms with Gasteiger partial charge in [-0.15, -0.1) is 6.42 Å². The Labute approximate surface area is 192 Å². The highest BCUT2D eigenvalue weighted by Gasteiger charge is 2.16. The summed E-state index contributed by atoms with van der Waals surface area (Å²) in [5, 5.41) is 2.63. The van der Waals surface area contributed by atoms with Crippen molar-refractivity contribution in [2.75, 3.05) is 25.5 Å². The number of aryl methyl sites for hydroxylation is 2. The van der Waals surface area contributed by atoms with Crippen molar-refractivity contribution in [2.24, 2.45) is 5.92 Å². The second-order valence-electron chi connectivity index (χ2n) is 7.59. The van der Waals surface area contributed by atoms with Crippen LogP contribution in [0, 0.1) is 18.3 Å². The van der Waals surface area contributed by atoms with Crippen molar-refractivity contribution in [1.29, 1.82) is 0 Å². The van der Waals surface area contributed by atoms with Gasteiger partial charge in [-0.3, -0.25) is 14.4 Å². The number of unbranched alkanes of at least 4 members (excludes halogenated alkanes) is 1. The van der Waals surface area contributed by atoms with Gasteiger partial charge in [0.15, 0.2) is 5.65 Å². The summed E-state index contributed by atoms with van der Waals surface area (Å²) in [6.45, 7) is 3.69. The molecule has 11 heteroatoms. The van der Waals surface area contributed by atoms with E-state index in [-0.39, 0.29) is 37.5 Å². The van der Waals surface area contributed by atoms with Crippen LogP contribution < -0.4 is 11.1 Å². The fourth-order valence-corrected chi connectivity index (χ4v) is 3.18. The normalized spacial score (nSPS) is 10.7. The zero-order valence-corrected chi connectivity index (χ0v) is 19.0. The van der Waals surface area contributed by atoms with E-state index in [2.05, 4.69) is 26.2 Å². The van der Waals surface area contributed by atoms with Crippen LogP contribution in [-0.2, 0) is 36.8 Å². The molecule has 33 heavy (non-hydrogen) atoms. The molecule has 0 aromatic carbocycles. The number of ether oxygens (including phenoxy) is 2. The molecule has 0 atom stereocenters. The molecule has 0 aliphatic rings. The van der Waals surface area contributed by atoms with Crippen LogP contribution in [0.1, 0.15) is 45.2 Å². The monoisotopic (exact) mass is 458 g/mol. The van der Waals surface area contributed by atoms with Crippen molar-refractivity contribution in [3.8, 4) is 12.3 Å². The number of aromatic nitrogens is 4. The van der Waals surface area contributed by atoms with Crippen molar-refractivity contribution in [2.45, 2.75) is 52.5 Å². The average molecular weight is 459 g/mol. The number of terminal acetylenes is 1. The number of anilines is 1. The van der Waals surface area contributed by atoms with Gasteiger partial charge < -0.3 is 25.1 Å². The molecule has 2 aromatic heterocycles. The van der Waals surface area contributed by atoms with E-state index in [1.807, 2.05) is 4.57 Å². The summed E-state index contributed by atoms with van der Waals surface area (Å²) >= 11 is 0. The van der Waals surface area contributed by atoms with Crippen molar-refractivity contribution >= 4 is 35.0 Å². The lowest BCUT2D eigenvalue weighted by molar-refractivity contribution is -0.146. The molecule has 2 heterocycles. The molecule has 0 unspecified atom stereocenters. The first-order chi connectivity index (χ1) is 15.8. The van der Waals surface area contributed by atoms with E-state index in [4.69, 9.17) is 21.6 Å². The van der Waals surface area contributed by atoms with Crippen molar-refractivity contribution in [3.05, 3.63) is 12.0 Å². The minimum absolute atomic E-state index is 0.0818. The maximum Gasteiger partial charge on any atom is 0.302 e. The van der Waals surface area contributed by atoms with Gasteiger partial charge in [-0.1, -0.05) is 5.92 Å². The summed E-state index contributed by atoms with van der Waals surface area (Å²) < 4.78 is 12.0. The number of carbonyl (C=O) groups is 3. The number of nitrogen functional groups attached to an aromatic ring is 1. The van der Waals surface area contributed by atoms with E-state index in [9.17, 15) is 14.4 Å². The predicted molar refractivity (Wildman–Crippen MR) is 121 cm³/mol. The molecule has 0 saturated carbocycles. The Morgan fingerprint density at radius 3 is 2.52 bits per heavy atom. The molecule has 3 N–H and O–H groups in total. The standard InChI is InChI=1S/C22H30N6O5/c1-4-10-24-19(31)8-6-5-7-18-20-21(27-22(23)26-18)28(14-25-20)11-9-17(12-32-15(2)29)13-33-16(3)30/h1,14,17H,5-13H2,2-3H3,(H,24,31)(H2,23,26,27). The highest BCUT2D eigenvalue weighted by Crippen LogP contribution is 2.19. The van der Waals surface area contributed by atoms with E-state index in [1.54, 1.807) is 6.33 Å². The topological polar surface area (TPSA) is 151 Å². The molecule has 0 aliphatic carbocycles. The lowest BCUT2D eigenvalue weighted by Crippen LogP contribution is -2.22. The van der Waals surface area contributed by atoms with E-state index in [1.165, 1.54) is 13.8 Å². The van der Waals surface area contributed by atoms with Gasteiger partial charge in [0.1, 0.15) is 5.52 Å². The number of carbonyl (C=O) groups excluding carboxylic acids is 3. The van der Waals surface area contributed by atoms with Gasteiger partial charge in [0.2, 0.25) is 11.9 Å². The minimum atomic E-state index is -0.394. The SMILES string of the molecule is C#CCNC(=O)CCCCc1nc(N)nc2c1ncn2CCC(COC(C)=O)COC(C)=O. The lowest BCUT2D eigenvalue weighted by atomic mass is 10.1. The number of rotatable bonds is 13. The largest absolute Gasteiger partial charge is 0.465 e. The van der Waals surface area contributed by atoms with E-state index < -0.39 is 11.9 Å². The Morgan fingerprint density at radius 1 is 1.18 bits per heavy atom. The molecule has 0 bridgehead atoms. The first-order valence-corrected chi connectivity index (χ1v) is 10.7. The van der Waals surface area contributed by atoms with Crippen molar-refractivity contribution in [1.82, 2.24) is 24.8 Å². The van der Waals surface area contributed by atoms with Gasteiger partial charge in [0, 0.05) is 32.7 Å². The zero-order valence-electron chi connectivity index (χ0n) is 19.0. The Hall–Kier alpha value is -3.68. The molecule has 1 amide bonds. The average Bonchev–Trinajstić information content (AvgIpc) is 3.17. The smallest absolute Gasteiger partial charge is 0.302 e. The first-order valence-electron chi connectivity index (χ1n) is 10.7. The van der Waals surface area contributed by atoms with Crippen LogP contribution in [0.2, 0.25) is 0 Å². The van der Waals surface area contributed by atoms with Crippen LogP contribution in [0.3, 0.4) is 0 Å². The molecule has 2 aromatic rings. The molecular formula is C22H30N6O5. The third-order valence-corrected chi connectivity index (χ3v) is 4.83. The molecule has 0 saturated heterocycles. The second kappa shape index (κ2) is 13.0. The van der Waals surface area contributed by atoms with E-state index >= 15 is 0 Å². The predicted octanol–water partition coefficient (Wildman–Crippen LogP) is 1.00. The van der Waals surface area contributed by atoms with Gasteiger partial charge >= 0.3 is 11.9 Å². The molecule has 2 rings (SSSR count). The molecular weight excluding hydrogens is 428 g/mol. The van der Waals surface area contributed by atoms with Crippen LogP contribution in [-0.4, -0.2) is 57.1 Å². The Bertz CT molecular complexity index is 995. The summed E-state index contributed by atoms with van der Waals surface area (Å²) in [4.78, 5) is 47.1. The number of esters is 2. The van der Waals surface area contributed by atoms with Gasteiger partial charge in [0.25, 0.3) is 0 Å². The van der Waals surface area contributed by atoms with Crippen molar-refractivity contribution < 1.29 is 23.9 Å². The Morgan fingerprint density at radius 2 is 1.88 bits per heavy atom. The highest BCUT2D eigenvalue weighted by molar-refractivity contribution is 5.76. The summed E-state index contributed by atoms with van der Waals surface area (Å²) in [6, 6.07) is 0. The Balaban J connectivity index is 2.01. The number of nitrogens with zero attached hydrogens (tertiary/aromatic N) is 4. The third-order valence-electron chi connectivity index (χ3n) is 4.83. The summed E-state index contributed by atoms with van der Waals surface area (Å²) in [6.07, 6.45) is 9.74. The van der Waals surface area contributed by atoms with Gasteiger partial charge in [-0.2, -0.15) is 4.98 Å². The van der Waals surface area contributed by atoms with Crippen LogP contribution >= 0.6 is 0 Å². The van der Waals surface area contributed by atoms with Crippen molar-refractivity contribution in [3.63, 3.8) is 0 Å². The van der Waals surface area contributed by atoms with E-state index in [0.717, 1.165) is 12.1 Å². The third kappa shape index (κ3) is 8.76. The summed E-state index contributed by atoms with van der Waals surface area (Å²) in [5.74, 6) is 1.47. The fourth-order valence-electron chi connectivity index (χ4n) is 3.18. The summed E-state index contributed by atoms with van der Waals surface area (Å²) in [7, 11) is 0. The quantitative estimate of drug-likeness (QED) is 0.254. The summed E-state index contributed by atoms with van der Waals surface area (Å²) in [5.41, 5.74) is 7.89. The van der Waals surface area contributed by atoms with Crippen LogP contribution in [0.25, 0.3) is 11.2 Å². The van der Waals surface area contributed by atoms with Gasteiger partial charge in [0.05, 0.1) is 31.8 Å². The number of amides is 1. The second-order valence-corrected chi connectivity index (χ2v) is 7.59. The molecule has 178 valence electrons. The molecule has 0 radical (unpaired) electrons. The number of imidazole rings is 1. The lowest BCUT2D eigenvalue weighted by Gasteiger charge is -2.16. The van der Waals surface area contributed by atoms with Gasteiger partial charge in [-0.05, 0) is 25.7 Å². The maximum absolute atomic E-state index is 11.7. The zero-order chi connectivity index (χ0) is 24.2. The Kier molecular flexibility index (Phi) is 10.1. The number of fused-ring (bicyclic) bond motifs is 1.